The lowest BCUT2D eigenvalue weighted by Crippen LogP contribution is -2.61. The van der Waals surface area contributed by atoms with Crippen LogP contribution in [0.15, 0.2) is 0 Å². The number of amides is 1. The number of nitrogens with two attached hydrogens (primary N) is 1. The maximum Gasteiger partial charge on any atom is 0.254 e. The first-order valence-electron chi connectivity index (χ1n) is 5.84. The summed E-state index contributed by atoms with van der Waals surface area (Å²) in [5.41, 5.74) is 1.84. The van der Waals surface area contributed by atoms with Gasteiger partial charge in [-0.2, -0.15) is 0 Å². The van der Waals surface area contributed by atoms with Gasteiger partial charge in [-0.3, -0.25) is 15.1 Å². The smallest absolute Gasteiger partial charge is 0.254 e. The van der Waals surface area contributed by atoms with Crippen LogP contribution in [0.3, 0.4) is 0 Å². The Labute approximate surface area is 92.2 Å². The van der Waals surface area contributed by atoms with E-state index in [1.54, 1.807) is 0 Å². The lowest BCUT2D eigenvalue weighted by atomic mass is 9.89. The van der Waals surface area contributed by atoms with Gasteiger partial charge in [0.15, 0.2) is 0 Å². The first kappa shape index (κ1) is 12.5. The number of hydrogen-bond donors (Lipinski definition) is 2. The summed E-state index contributed by atoms with van der Waals surface area (Å²) < 4.78 is 0. The van der Waals surface area contributed by atoms with Crippen molar-refractivity contribution >= 4 is 5.91 Å². The zero-order chi connectivity index (χ0) is 11.5. The Morgan fingerprint density at radius 2 is 2.27 bits per heavy atom. The fraction of sp³-hybridized carbons (Fsp3) is 0.909. The van der Waals surface area contributed by atoms with E-state index in [9.17, 15) is 4.79 Å². The predicted molar refractivity (Wildman–Crippen MR) is 61.0 cm³/mol. The van der Waals surface area contributed by atoms with E-state index in [0.29, 0.717) is 6.04 Å². The average Bonchev–Trinajstić information content (AvgIpc) is 2.27. The van der Waals surface area contributed by atoms with Crippen molar-refractivity contribution in [2.75, 3.05) is 6.54 Å². The molecule has 15 heavy (non-hydrogen) atoms. The second-order valence-corrected chi connectivity index (χ2v) is 4.64. The molecule has 3 N–H and O–H groups in total. The molecule has 1 saturated heterocycles. The van der Waals surface area contributed by atoms with E-state index in [4.69, 9.17) is 5.84 Å². The Morgan fingerprint density at radius 1 is 1.60 bits per heavy atom. The van der Waals surface area contributed by atoms with Crippen molar-refractivity contribution in [3.63, 3.8) is 0 Å². The third-order valence-electron chi connectivity index (χ3n) is 3.75. The van der Waals surface area contributed by atoms with Crippen LogP contribution in [0, 0.1) is 0 Å². The Hall–Kier alpha value is -0.610. The second kappa shape index (κ2) is 4.94. The zero-order valence-electron chi connectivity index (χ0n) is 10.0. The molecular formula is C11H23N3O. The van der Waals surface area contributed by atoms with E-state index in [-0.39, 0.29) is 5.91 Å². The third kappa shape index (κ3) is 2.32. The van der Waals surface area contributed by atoms with Gasteiger partial charge in [-0.1, -0.05) is 13.3 Å². The Morgan fingerprint density at radius 3 is 2.73 bits per heavy atom. The summed E-state index contributed by atoms with van der Waals surface area (Å²) in [6, 6.07) is 0.473. The van der Waals surface area contributed by atoms with Crippen molar-refractivity contribution < 1.29 is 4.79 Å². The topological polar surface area (TPSA) is 58.4 Å². The van der Waals surface area contributed by atoms with Crippen molar-refractivity contribution in [3.05, 3.63) is 0 Å². The Balaban J connectivity index is 2.83. The fourth-order valence-electron chi connectivity index (χ4n) is 2.48. The number of rotatable bonds is 3. The molecule has 0 saturated carbocycles. The van der Waals surface area contributed by atoms with Gasteiger partial charge in [0.25, 0.3) is 5.91 Å². The van der Waals surface area contributed by atoms with Gasteiger partial charge < -0.3 is 0 Å². The monoisotopic (exact) mass is 213 g/mol. The maximum atomic E-state index is 11.8. The van der Waals surface area contributed by atoms with Gasteiger partial charge in [-0.05, 0) is 39.7 Å². The summed E-state index contributed by atoms with van der Waals surface area (Å²) in [6.45, 7) is 7.21. The van der Waals surface area contributed by atoms with E-state index in [1.807, 2.05) is 13.8 Å². The standard InChI is InChI=1S/C11H23N3O/c1-4-11(3,10(15)13-12)14-8-6-5-7-9(14)2/h9H,4-8,12H2,1-3H3,(H,13,15). The number of nitrogens with zero attached hydrogens (tertiary/aromatic N) is 1. The number of carbonyl (C=O) groups is 1. The van der Waals surface area contributed by atoms with Crippen molar-refractivity contribution in [2.45, 2.75) is 58.0 Å². The summed E-state index contributed by atoms with van der Waals surface area (Å²) in [7, 11) is 0. The van der Waals surface area contributed by atoms with Crippen LogP contribution in [0.25, 0.3) is 0 Å². The molecule has 0 aliphatic carbocycles. The molecule has 0 aromatic carbocycles. The van der Waals surface area contributed by atoms with Gasteiger partial charge >= 0.3 is 0 Å². The highest BCUT2D eigenvalue weighted by molar-refractivity contribution is 5.85. The highest BCUT2D eigenvalue weighted by Gasteiger charge is 2.40. The summed E-state index contributed by atoms with van der Waals surface area (Å²) >= 11 is 0. The quantitative estimate of drug-likeness (QED) is 0.418. The largest absolute Gasteiger partial charge is 0.293 e. The van der Waals surface area contributed by atoms with Gasteiger partial charge in [0.1, 0.15) is 0 Å². The molecule has 88 valence electrons. The number of nitrogens with one attached hydrogen (secondary N) is 1. The van der Waals surface area contributed by atoms with Gasteiger partial charge in [0.2, 0.25) is 0 Å². The van der Waals surface area contributed by atoms with Crippen molar-refractivity contribution in [1.29, 1.82) is 0 Å². The van der Waals surface area contributed by atoms with E-state index < -0.39 is 5.54 Å². The van der Waals surface area contributed by atoms with Gasteiger partial charge in [-0.15, -0.1) is 0 Å². The van der Waals surface area contributed by atoms with E-state index >= 15 is 0 Å². The molecule has 2 atom stereocenters. The third-order valence-corrected chi connectivity index (χ3v) is 3.75. The summed E-state index contributed by atoms with van der Waals surface area (Å²) in [4.78, 5) is 14.1. The minimum Gasteiger partial charge on any atom is -0.293 e. The number of hydrogen-bond acceptors (Lipinski definition) is 3. The molecular weight excluding hydrogens is 190 g/mol. The van der Waals surface area contributed by atoms with Crippen LogP contribution >= 0.6 is 0 Å². The minimum atomic E-state index is -0.450. The van der Waals surface area contributed by atoms with Crippen LogP contribution in [0.5, 0.6) is 0 Å². The molecule has 2 unspecified atom stereocenters. The van der Waals surface area contributed by atoms with Gasteiger partial charge in [0.05, 0.1) is 5.54 Å². The molecule has 1 amide bonds. The highest BCUT2D eigenvalue weighted by atomic mass is 16.2. The van der Waals surface area contributed by atoms with Crippen LogP contribution in [-0.2, 0) is 4.79 Å². The Kier molecular flexibility index (Phi) is 4.11. The van der Waals surface area contributed by atoms with E-state index in [0.717, 1.165) is 13.0 Å². The summed E-state index contributed by atoms with van der Waals surface area (Å²) in [5, 5.41) is 0. The number of carbonyl (C=O) groups excluding carboxylic acids is 1. The maximum absolute atomic E-state index is 11.8. The molecule has 4 heteroatoms. The Bertz CT molecular complexity index is 232. The first-order valence-corrected chi connectivity index (χ1v) is 5.84. The van der Waals surface area contributed by atoms with E-state index in [1.165, 1.54) is 19.3 Å². The molecule has 1 fully saturated rings. The zero-order valence-corrected chi connectivity index (χ0v) is 10.0. The van der Waals surface area contributed by atoms with Crippen molar-refractivity contribution in [2.24, 2.45) is 5.84 Å². The van der Waals surface area contributed by atoms with Crippen LogP contribution < -0.4 is 11.3 Å². The summed E-state index contributed by atoms with van der Waals surface area (Å²) in [5.74, 6) is 5.19. The first-order chi connectivity index (χ1) is 7.06. The van der Waals surface area contributed by atoms with Crippen molar-refractivity contribution in [1.82, 2.24) is 10.3 Å². The van der Waals surface area contributed by atoms with Gasteiger partial charge in [0, 0.05) is 6.04 Å². The molecule has 1 aliphatic rings. The second-order valence-electron chi connectivity index (χ2n) is 4.64. The molecule has 0 bridgehead atoms. The lowest BCUT2D eigenvalue weighted by Gasteiger charge is -2.45. The SMILES string of the molecule is CCC(C)(C(=O)NN)N1CCCCC1C. The molecule has 1 aliphatic heterocycles. The molecule has 0 spiro atoms. The van der Waals surface area contributed by atoms with Crippen LogP contribution in [0.1, 0.15) is 46.5 Å². The number of likely N-dealkylation sites (tertiary alicyclic amines) is 1. The number of piperidine rings is 1. The van der Waals surface area contributed by atoms with Crippen LogP contribution in [-0.4, -0.2) is 28.9 Å². The molecule has 4 nitrogen and oxygen atoms in total. The summed E-state index contributed by atoms with van der Waals surface area (Å²) in [6.07, 6.45) is 4.41. The van der Waals surface area contributed by atoms with Crippen LogP contribution in [0.2, 0.25) is 0 Å². The molecule has 0 aromatic rings. The molecule has 0 aromatic heterocycles. The highest BCUT2D eigenvalue weighted by Crippen LogP contribution is 2.28. The van der Waals surface area contributed by atoms with E-state index in [2.05, 4.69) is 17.2 Å². The normalized spacial score (nSPS) is 27.1. The predicted octanol–water partition coefficient (Wildman–Crippen LogP) is 1.02. The molecule has 0 radical (unpaired) electrons. The van der Waals surface area contributed by atoms with Crippen molar-refractivity contribution in [3.8, 4) is 0 Å². The average molecular weight is 213 g/mol. The van der Waals surface area contributed by atoms with Gasteiger partial charge in [-0.25, -0.2) is 5.84 Å². The lowest BCUT2D eigenvalue weighted by molar-refractivity contribution is -0.135. The fourth-order valence-corrected chi connectivity index (χ4v) is 2.48. The molecule has 1 rings (SSSR count). The van der Waals surface area contributed by atoms with Crippen LogP contribution in [0.4, 0.5) is 0 Å². The minimum absolute atomic E-state index is 0.0706. The number of hydrazine groups is 1. The molecule has 1 heterocycles.